The van der Waals surface area contributed by atoms with Gasteiger partial charge in [-0.3, -0.25) is 4.98 Å². The average Bonchev–Trinajstić information content (AvgIpc) is 3.42. The van der Waals surface area contributed by atoms with Crippen molar-refractivity contribution in [1.29, 1.82) is 0 Å². The molecule has 5 aromatic rings. The number of ether oxygens (including phenoxy) is 1. The van der Waals surface area contributed by atoms with Gasteiger partial charge in [0.15, 0.2) is 5.60 Å². The van der Waals surface area contributed by atoms with Crippen LogP contribution >= 0.6 is 22.9 Å². The number of rotatable bonds is 8. The van der Waals surface area contributed by atoms with E-state index < -0.39 is 27.7 Å². The molecule has 1 N–H and O–H groups in total. The molecule has 6 nitrogen and oxygen atoms in total. The number of nitrogens with zero attached hydrogens (tertiary/aromatic N) is 2. The fraction of sp³-hybridized carbons (Fsp3) is 0.161. The number of methoxy groups -OCH3 is 1. The van der Waals surface area contributed by atoms with Crippen molar-refractivity contribution in [3.05, 3.63) is 112 Å². The standard InChI is InChI=1S/C31H24ClF3N2O4S2/c1-30(38,31(33,34)35)20-14-15-36-27(17-20)24-8-5-6-19-16-28(42-29(19)24)25(23-7-3-4-9-26(23)32)18-37-43(39,40)22-12-10-21(41-2)11-13-22/h3-18,25,38H,1-2H3/b37-18+/t25?,30-/m1/s1. The van der Waals surface area contributed by atoms with E-state index in [1.54, 1.807) is 36.4 Å². The number of thiophene rings is 1. The largest absolute Gasteiger partial charge is 0.497 e. The molecule has 0 amide bonds. The molecular weight excluding hydrogens is 621 g/mol. The lowest BCUT2D eigenvalue weighted by atomic mass is 9.94. The van der Waals surface area contributed by atoms with Gasteiger partial charge in [0.1, 0.15) is 5.75 Å². The summed E-state index contributed by atoms with van der Waals surface area (Å²) in [6.07, 6.45) is -2.34. The third-order valence-electron chi connectivity index (χ3n) is 6.97. The molecule has 1 unspecified atom stereocenters. The minimum Gasteiger partial charge on any atom is -0.497 e. The van der Waals surface area contributed by atoms with Crippen molar-refractivity contribution in [2.45, 2.75) is 29.5 Å². The zero-order valence-corrected chi connectivity index (χ0v) is 25.1. The predicted octanol–water partition coefficient (Wildman–Crippen LogP) is 7.99. The van der Waals surface area contributed by atoms with Crippen LogP contribution in [0.4, 0.5) is 13.2 Å². The van der Waals surface area contributed by atoms with E-state index >= 15 is 0 Å². The zero-order valence-electron chi connectivity index (χ0n) is 22.7. The number of hydrogen-bond donors (Lipinski definition) is 1. The Morgan fingerprint density at radius 2 is 1.74 bits per heavy atom. The van der Waals surface area contributed by atoms with Crippen LogP contribution in [0, 0.1) is 0 Å². The van der Waals surface area contributed by atoms with Crippen LogP contribution in [0.2, 0.25) is 5.02 Å². The highest BCUT2D eigenvalue weighted by molar-refractivity contribution is 7.90. The minimum atomic E-state index is -4.89. The van der Waals surface area contributed by atoms with Crippen LogP contribution in [0.5, 0.6) is 5.75 Å². The van der Waals surface area contributed by atoms with Crippen molar-refractivity contribution >= 4 is 49.3 Å². The molecule has 0 aliphatic carbocycles. The van der Waals surface area contributed by atoms with Gasteiger partial charge in [-0.15, -0.1) is 11.3 Å². The molecule has 0 aliphatic heterocycles. The van der Waals surface area contributed by atoms with Gasteiger partial charge in [0.05, 0.1) is 23.6 Å². The first kappa shape index (κ1) is 30.7. The molecule has 0 bridgehead atoms. The Bertz CT molecular complexity index is 1920. The molecule has 0 saturated heterocycles. The van der Waals surface area contributed by atoms with Crippen molar-refractivity contribution in [3.8, 4) is 17.0 Å². The van der Waals surface area contributed by atoms with E-state index in [1.165, 1.54) is 61.2 Å². The topological polar surface area (TPSA) is 88.9 Å². The molecule has 0 spiro atoms. The van der Waals surface area contributed by atoms with Gasteiger partial charge in [-0.2, -0.15) is 26.0 Å². The van der Waals surface area contributed by atoms with Crippen molar-refractivity contribution in [2.75, 3.05) is 7.11 Å². The van der Waals surface area contributed by atoms with Gasteiger partial charge in [-0.1, -0.05) is 48.0 Å². The monoisotopic (exact) mass is 644 g/mol. The SMILES string of the molecule is COc1ccc(S(=O)(=O)/N=C/C(c2cc3cccc(-c4cc([C@@](C)(O)C(F)(F)F)ccn4)c3s2)c2ccccc2Cl)cc1. The molecule has 0 radical (unpaired) electrons. The summed E-state index contributed by atoms with van der Waals surface area (Å²) in [5, 5.41) is 11.4. The molecule has 0 fully saturated rings. The van der Waals surface area contributed by atoms with Gasteiger partial charge in [-0.25, -0.2) is 0 Å². The molecule has 2 heterocycles. The van der Waals surface area contributed by atoms with Crippen LogP contribution < -0.4 is 4.74 Å². The summed E-state index contributed by atoms with van der Waals surface area (Å²) in [6, 6.07) is 22.4. The van der Waals surface area contributed by atoms with Gasteiger partial charge in [0, 0.05) is 32.6 Å². The van der Waals surface area contributed by atoms with E-state index in [1.807, 2.05) is 12.1 Å². The number of hydrogen-bond acceptors (Lipinski definition) is 6. The highest BCUT2D eigenvalue weighted by Crippen LogP contribution is 2.42. The number of aliphatic hydroxyl groups is 1. The summed E-state index contributed by atoms with van der Waals surface area (Å²) >= 11 is 7.86. The van der Waals surface area contributed by atoms with Gasteiger partial charge in [-0.05, 0) is 72.0 Å². The van der Waals surface area contributed by atoms with Gasteiger partial charge in [0.25, 0.3) is 10.0 Å². The lowest BCUT2D eigenvalue weighted by molar-refractivity contribution is -0.258. The first-order valence-electron chi connectivity index (χ1n) is 12.8. The molecule has 3 aromatic carbocycles. The molecule has 12 heteroatoms. The maximum Gasteiger partial charge on any atom is 0.421 e. The van der Waals surface area contributed by atoms with Gasteiger partial charge >= 0.3 is 6.18 Å². The Balaban J connectivity index is 1.61. The summed E-state index contributed by atoms with van der Waals surface area (Å²) in [4.78, 5) is 4.97. The summed E-state index contributed by atoms with van der Waals surface area (Å²) in [7, 11) is -2.59. The maximum atomic E-state index is 13.6. The molecule has 0 saturated carbocycles. The van der Waals surface area contributed by atoms with Gasteiger partial charge in [0.2, 0.25) is 0 Å². The molecule has 5 rings (SSSR count). The average molecular weight is 645 g/mol. The maximum absolute atomic E-state index is 13.6. The Kier molecular flexibility index (Phi) is 8.36. The lowest BCUT2D eigenvalue weighted by Crippen LogP contribution is -2.39. The second-order valence-electron chi connectivity index (χ2n) is 9.78. The van der Waals surface area contributed by atoms with E-state index in [4.69, 9.17) is 16.3 Å². The Morgan fingerprint density at radius 3 is 2.42 bits per heavy atom. The summed E-state index contributed by atoms with van der Waals surface area (Å²) in [6.45, 7) is 0.698. The van der Waals surface area contributed by atoms with Crippen LogP contribution in [0.1, 0.15) is 28.8 Å². The molecule has 0 aliphatic rings. The minimum absolute atomic E-state index is 0.0122. The summed E-state index contributed by atoms with van der Waals surface area (Å²) in [5.41, 5.74) is -2.00. The molecule has 43 heavy (non-hydrogen) atoms. The Morgan fingerprint density at radius 1 is 1.02 bits per heavy atom. The van der Waals surface area contributed by atoms with E-state index in [-0.39, 0.29) is 16.2 Å². The molecule has 2 aromatic heterocycles. The molecular formula is C31H24ClF3N2O4S2. The van der Waals surface area contributed by atoms with E-state index in [0.29, 0.717) is 38.4 Å². The fourth-order valence-corrected chi connectivity index (χ4v) is 6.87. The van der Waals surface area contributed by atoms with Gasteiger partial charge < -0.3 is 9.84 Å². The van der Waals surface area contributed by atoms with E-state index in [2.05, 4.69) is 9.38 Å². The predicted molar refractivity (Wildman–Crippen MR) is 163 cm³/mol. The number of pyridine rings is 1. The van der Waals surface area contributed by atoms with Crippen LogP contribution in [0.3, 0.4) is 0 Å². The number of halogens is 4. The van der Waals surface area contributed by atoms with Crippen LogP contribution in [-0.4, -0.2) is 38.0 Å². The van der Waals surface area contributed by atoms with Crippen molar-refractivity contribution < 1.29 is 31.4 Å². The number of alkyl halides is 3. The first-order chi connectivity index (χ1) is 20.3. The number of fused-ring (bicyclic) bond motifs is 1. The van der Waals surface area contributed by atoms with Crippen molar-refractivity contribution in [2.24, 2.45) is 4.40 Å². The van der Waals surface area contributed by atoms with E-state index in [0.717, 1.165) is 11.5 Å². The third-order valence-corrected chi connectivity index (χ3v) is 9.84. The first-order valence-corrected chi connectivity index (χ1v) is 15.4. The number of benzene rings is 3. The Hall–Kier alpha value is -3.77. The normalized spacial score (nSPS) is 14.6. The zero-order chi connectivity index (χ0) is 31.0. The molecule has 2 atom stereocenters. The van der Waals surface area contributed by atoms with Crippen LogP contribution in [0.15, 0.2) is 100 Å². The number of aromatic nitrogens is 1. The summed E-state index contributed by atoms with van der Waals surface area (Å²) < 4.78 is 76.7. The van der Waals surface area contributed by atoms with E-state index in [9.17, 15) is 26.7 Å². The van der Waals surface area contributed by atoms with Crippen LogP contribution in [0.25, 0.3) is 21.3 Å². The Labute approximate surface area is 255 Å². The second kappa shape index (κ2) is 11.7. The third kappa shape index (κ3) is 6.16. The summed E-state index contributed by atoms with van der Waals surface area (Å²) in [5.74, 6) is -0.169. The smallest absolute Gasteiger partial charge is 0.421 e. The molecule has 222 valence electrons. The number of sulfonamides is 1. The van der Waals surface area contributed by atoms with Crippen LogP contribution in [-0.2, 0) is 15.6 Å². The highest BCUT2D eigenvalue weighted by Gasteiger charge is 2.51. The highest BCUT2D eigenvalue weighted by atomic mass is 35.5. The fourth-order valence-electron chi connectivity index (χ4n) is 4.47. The quantitative estimate of drug-likeness (QED) is 0.173. The lowest BCUT2D eigenvalue weighted by Gasteiger charge is -2.26. The van der Waals surface area contributed by atoms with Crippen molar-refractivity contribution in [1.82, 2.24) is 4.98 Å². The second-order valence-corrected chi connectivity index (χ2v) is 12.9. The van der Waals surface area contributed by atoms with Crippen molar-refractivity contribution in [3.63, 3.8) is 0 Å².